The number of rotatable bonds is 4. The van der Waals surface area contributed by atoms with Gasteiger partial charge >= 0.3 is 0 Å². The molecule has 0 saturated carbocycles. The summed E-state index contributed by atoms with van der Waals surface area (Å²) in [4.78, 5) is 0. The van der Waals surface area contributed by atoms with Crippen molar-refractivity contribution in [3.63, 3.8) is 0 Å². The van der Waals surface area contributed by atoms with Gasteiger partial charge in [-0.15, -0.1) is 0 Å². The zero-order valence-electron chi connectivity index (χ0n) is 8.72. The normalized spacial score (nSPS) is 12.2. The van der Waals surface area contributed by atoms with Crippen LogP contribution in [0.15, 0.2) is 35.5 Å². The van der Waals surface area contributed by atoms with Crippen LogP contribution < -0.4 is 0 Å². The molecular formula is C12H20. The molecule has 12 heavy (non-hydrogen) atoms. The zero-order chi connectivity index (χ0) is 9.40. The van der Waals surface area contributed by atoms with E-state index in [1.807, 2.05) is 0 Å². The SMILES string of the molecule is CC/C=C/C(=C\C=C(C)C)CC. The molecule has 0 aromatic rings. The maximum absolute atomic E-state index is 2.21. The molecular weight excluding hydrogens is 144 g/mol. The molecule has 0 saturated heterocycles. The Bertz CT molecular complexity index is 188. The molecule has 0 aliphatic rings. The summed E-state index contributed by atoms with van der Waals surface area (Å²) in [5, 5.41) is 0. The second kappa shape index (κ2) is 6.90. The van der Waals surface area contributed by atoms with E-state index in [1.165, 1.54) is 11.1 Å². The van der Waals surface area contributed by atoms with Crippen molar-refractivity contribution < 1.29 is 0 Å². The van der Waals surface area contributed by atoms with Gasteiger partial charge in [0.05, 0.1) is 0 Å². The van der Waals surface area contributed by atoms with Crippen molar-refractivity contribution in [2.45, 2.75) is 40.5 Å². The van der Waals surface area contributed by atoms with Gasteiger partial charge in [0.25, 0.3) is 0 Å². The van der Waals surface area contributed by atoms with E-state index in [0.717, 1.165) is 12.8 Å². The summed E-state index contributed by atoms with van der Waals surface area (Å²) in [5.74, 6) is 0. The first kappa shape index (κ1) is 11.2. The average Bonchev–Trinajstić information content (AvgIpc) is 2.05. The van der Waals surface area contributed by atoms with Crippen LogP contribution >= 0.6 is 0 Å². The Kier molecular flexibility index (Phi) is 6.45. The van der Waals surface area contributed by atoms with E-state index in [-0.39, 0.29) is 0 Å². The van der Waals surface area contributed by atoms with Crippen LogP contribution in [0.4, 0.5) is 0 Å². The summed E-state index contributed by atoms with van der Waals surface area (Å²) in [7, 11) is 0. The van der Waals surface area contributed by atoms with Crippen LogP contribution in [0, 0.1) is 0 Å². The van der Waals surface area contributed by atoms with Gasteiger partial charge < -0.3 is 0 Å². The molecule has 0 unspecified atom stereocenters. The van der Waals surface area contributed by atoms with Gasteiger partial charge in [-0.1, -0.05) is 43.7 Å². The fourth-order valence-electron chi connectivity index (χ4n) is 0.834. The molecule has 0 amide bonds. The molecule has 0 heterocycles. The number of hydrogen-bond donors (Lipinski definition) is 0. The van der Waals surface area contributed by atoms with Gasteiger partial charge in [0, 0.05) is 0 Å². The lowest BCUT2D eigenvalue weighted by molar-refractivity contribution is 1.13. The number of hydrogen-bond acceptors (Lipinski definition) is 0. The van der Waals surface area contributed by atoms with E-state index in [1.54, 1.807) is 0 Å². The lowest BCUT2D eigenvalue weighted by atomic mass is 10.1. The van der Waals surface area contributed by atoms with Gasteiger partial charge in [0.1, 0.15) is 0 Å². The predicted molar refractivity (Wildman–Crippen MR) is 57.2 cm³/mol. The Morgan fingerprint density at radius 1 is 1.08 bits per heavy atom. The highest BCUT2D eigenvalue weighted by atomic mass is 13.9. The summed E-state index contributed by atoms with van der Waals surface area (Å²) >= 11 is 0. The Balaban J connectivity index is 4.23. The molecule has 0 aliphatic carbocycles. The first-order valence-corrected chi connectivity index (χ1v) is 4.71. The third-order valence-corrected chi connectivity index (χ3v) is 1.61. The molecule has 0 nitrogen and oxygen atoms in total. The lowest BCUT2D eigenvalue weighted by Crippen LogP contribution is -1.73. The molecule has 0 N–H and O–H groups in total. The van der Waals surface area contributed by atoms with Gasteiger partial charge in [-0.2, -0.15) is 0 Å². The van der Waals surface area contributed by atoms with Crippen LogP contribution in [0.2, 0.25) is 0 Å². The van der Waals surface area contributed by atoms with E-state index < -0.39 is 0 Å². The van der Waals surface area contributed by atoms with Gasteiger partial charge in [-0.3, -0.25) is 0 Å². The minimum Gasteiger partial charge on any atom is -0.0845 e. The summed E-state index contributed by atoms with van der Waals surface area (Å²) in [6.45, 7) is 8.58. The minimum absolute atomic E-state index is 1.11. The van der Waals surface area contributed by atoms with Crippen molar-refractivity contribution in [1.82, 2.24) is 0 Å². The van der Waals surface area contributed by atoms with Crippen LogP contribution in [0.25, 0.3) is 0 Å². The summed E-state index contributed by atoms with van der Waals surface area (Å²) < 4.78 is 0. The van der Waals surface area contributed by atoms with Crippen LogP contribution in [-0.4, -0.2) is 0 Å². The monoisotopic (exact) mass is 164 g/mol. The molecule has 0 radical (unpaired) electrons. The minimum atomic E-state index is 1.11. The Hall–Kier alpha value is -0.780. The standard InChI is InChI=1S/C12H20/c1-5-7-8-12(6-2)10-9-11(3)4/h7-10H,5-6H2,1-4H3/b8-7+,12-10-. The van der Waals surface area contributed by atoms with Crippen LogP contribution in [0.3, 0.4) is 0 Å². The molecule has 0 aliphatic heterocycles. The Morgan fingerprint density at radius 2 is 1.75 bits per heavy atom. The summed E-state index contributed by atoms with van der Waals surface area (Å²) in [6.07, 6.45) is 11.0. The fraction of sp³-hybridized carbons (Fsp3) is 0.500. The maximum Gasteiger partial charge on any atom is -0.0308 e. The second-order valence-electron chi connectivity index (χ2n) is 3.15. The lowest BCUT2D eigenvalue weighted by Gasteiger charge is -1.94. The summed E-state index contributed by atoms with van der Waals surface area (Å²) in [5.41, 5.74) is 2.75. The highest BCUT2D eigenvalue weighted by molar-refractivity contribution is 5.24. The molecule has 68 valence electrons. The quantitative estimate of drug-likeness (QED) is 0.545. The largest absolute Gasteiger partial charge is 0.0845 e. The predicted octanol–water partition coefficient (Wildman–Crippen LogP) is 4.26. The van der Waals surface area contributed by atoms with Crippen LogP contribution in [-0.2, 0) is 0 Å². The smallest absolute Gasteiger partial charge is 0.0308 e. The van der Waals surface area contributed by atoms with Crippen LogP contribution in [0.1, 0.15) is 40.5 Å². The molecule has 0 heteroatoms. The highest BCUT2D eigenvalue weighted by Gasteiger charge is 1.84. The Morgan fingerprint density at radius 3 is 2.17 bits per heavy atom. The maximum atomic E-state index is 2.21. The first-order chi connectivity index (χ1) is 5.70. The average molecular weight is 164 g/mol. The van der Waals surface area contributed by atoms with Crippen molar-refractivity contribution in [2.75, 3.05) is 0 Å². The molecule has 0 spiro atoms. The van der Waals surface area contributed by atoms with Gasteiger partial charge in [0.2, 0.25) is 0 Å². The Labute approximate surface area is 76.7 Å². The van der Waals surface area contributed by atoms with Gasteiger partial charge in [0.15, 0.2) is 0 Å². The number of allylic oxidation sites excluding steroid dienone is 6. The van der Waals surface area contributed by atoms with Crippen LogP contribution in [0.5, 0.6) is 0 Å². The molecule has 0 rings (SSSR count). The van der Waals surface area contributed by atoms with Crippen molar-refractivity contribution in [3.8, 4) is 0 Å². The first-order valence-electron chi connectivity index (χ1n) is 4.71. The molecule has 0 aromatic carbocycles. The van der Waals surface area contributed by atoms with E-state index in [9.17, 15) is 0 Å². The molecule has 0 atom stereocenters. The topological polar surface area (TPSA) is 0 Å². The molecule has 0 aromatic heterocycles. The highest BCUT2D eigenvalue weighted by Crippen LogP contribution is 2.04. The zero-order valence-corrected chi connectivity index (χ0v) is 8.72. The molecule has 0 fully saturated rings. The van der Waals surface area contributed by atoms with E-state index in [2.05, 4.69) is 52.0 Å². The fourth-order valence-corrected chi connectivity index (χ4v) is 0.834. The van der Waals surface area contributed by atoms with E-state index in [4.69, 9.17) is 0 Å². The van der Waals surface area contributed by atoms with Gasteiger partial charge in [-0.05, 0) is 32.3 Å². The van der Waals surface area contributed by atoms with E-state index >= 15 is 0 Å². The van der Waals surface area contributed by atoms with Crippen molar-refractivity contribution in [1.29, 1.82) is 0 Å². The third kappa shape index (κ3) is 5.96. The third-order valence-electron chi connectivity index (χ3n) is 1.61. The van der Waals surface area contributed by atoms with Crippen molar-refractivity contribution in [3.05, 3.63) is 35.5 Å². The molecule has 0 bridgehead atoms. The van der Waals surface area contributed by atoms with Gasteiger partial charge in [-0.25, -0.2) is 0 Å². The van der Waals surface area contributed by atoms with E-state index in [0.29, 0.717) is 0 Å². The summed E-state index contributed by atoms with van der Waals surface area (Å²) in [6, 6.07) is 0. The van der Waals surface area contributed by atoms with Crippen molar-refractivity contribution in [2.24, 2.45) is 0 Å². The van der Waals surface area contributed by atoms with Crippen molar-refractivity contribution >= 4 is 0 Å². The second-order valence-corrected chi connectivity index (χ2v) is 3.15.